The smallest absolute Gasteiger partial charge is 0.355 e. The minimum Gasteiger partial charge on any atom is -0.477 e. The van der Waals surface area contributed by atoms with E-state index in [1.807, 2.05) is 0 Å². The summed E-state index contributed by atoms with van der Waals surface area (Å²) >= 11 is 0. The average Bonchev–Trinajstić information content (AvgIpc) is 3.49. The Morgan fingerprint density at radius 3 is 2.44 bits per heavy atom. The first-order chi connectivity index (χ1) is 15.4. The number of aryl methyl sites for hydroxylation is 1. The third-order valence-electron chi connectivity index (χ3n) is 6.11. The van der Waals surface area contributed by atoms with Crippen LogP contribution in [0.15, 0.2) is 15.5 Å². The number of hydrogen-bond donors (Lipinski definition) is 2. The van der Waals surface area contributed by atoms with Gasteiger partial charge in [0.05, 0.1) is 12.8 Å². The Hall–Kier alpha value is -2.95. The first-order valence-corrected chi connectivity index (χ1v) is 12.3. The molecule has 0 saturated heterocycles. The molecule has 1 aliphatic heterocycles. The van der Waals surface area contributed by atoms with Crippen molar-refractivity contribution in [2.75, 3.05) is 11.9 Å². The van der Waals surface area contributed by atoms with E-state index in [0.29, 0.717) is 55.6 Å². The molecule has 1 atom stereocenters. The number of anilines is 1. The van der Waals surface area contributed by atoms with Crippen molar-refractivity contribution < 1.29 is 22.9 Å². The zero-order valence-corrected chi connectivity index (χ0v) is 18.5. The van der Waals surface area contributed by atoms with Gasteiger partial charge in [0, 0.05) is 25.6 Å². The molecule has 3 amide bonds. The second kappa shape index (κ2) is 7.88. The van der Waals surface area contributed by atoms with Crippen molar-refractivity contribution in [3.63, 3.8) is 0 Å². The largest absolute Gasteiger partial charge is 0.477 e. The molecule has 2 N–H and O–H groups in total. The summed E-state index contributed by atoms with van der Waals surface area (Å²) in [5.41, 5.74) is 3.48. The van der Waals surface area contributed by atoms with E-state index in [0.717, 1.165) is 30.4 Å². The number of hydrogen-bond acceptors (Lipinski definition) is 5. The number of nitrogens with zero attached hydrogens (tertiary/aromatic N) is 3. The molecular formula is C21H24FN5O4S. The van der Waals surface area contributed by atoms with Crippen molar-refractivity contribution >= 4 is 27.5 Å². The van der Waals surface area contributed by atoms with Gasteiger partial charge in [0.25, 0.3) is 0 Å². The Bertz CT molecular complexity index is 1230. The minimum atomic E-state index is -3.69. The number of aromatic nitrogens is 2. The van der Waals surface area contributed by atoms with Crippen LogP contribution < -0.4 is 14.8 Å². The van der Waals surface area contributed by atoms with Crippen LogP contribution in [0.4, 0.5) is 14.9 Å². The molecule has 5 rings (SSSR count). The lowest BCUT2D eigenvalue weighted by Gasteiger charge is -2.18. The van der Waals surface area contributed by atoms with Gasteiger partial charge in [0.15, 0.2) is 9.92 Å². The molecule has 0 bridgehead atoms. The molecule has 11 heteroatoms. The molecule has 1 aromatic carbocycles. The normalized spacial score (nSPS) is 18.1. The first kappa shape index (κ1) is 20.9. The maximum Gasteiger partial charge on any atom is 0.355 e. The molecule has 0 saturated carbocycles. The first-order valence-electron chi connectivity index (χ1n) is 10.8. The highest BCUT2D eigenvalue weighted by Crippen LogP contribution is 2.41. The van der Waals surface area contributed by atoms with Gasteiger partial charge in [-0.25, -0.2) is 18.1 Å². The van der Waals surface area contributed by atoms with E-state index < -0.39 is 21.9 Å². The Morgan fingerprint density at radius 1 is 1.12 bits per heavy atom. The van der Waals surface area contributed by atoms with Crippen LogP contribution in [0.1, 0.15) is 48.4 Å². The van der Waals surface area contributed by atoms with Crippen LogP contribution in [0, 0.1) is 5.82 Å². The van der Waals surface area contributed by atoms with Crippen molar-refractivity contribution in [2.45, 2.75) is 63.3 Å². The summed E-state index contributed by atoms with van der Waals surface area (Å²) in [6.45, 7) is 2.18. The van der Waals surface area contributed by atoms with Crippen LogP contribution >= 0.6 is 0 Å². The summed E-state index contributed by atoms with van der Waals surface area (Å²) in [7, 11) is -3.69. The highest BCUT2D eigenvalue weighted by atomic mass is 32.2. The zero-order chi connectivity index (χ0) is 22.5. The number of ether oxygens (including phenoxy) is 1. The summed E-state index contributed by atoms with van der Waals surface area (Å²) in [4.78, 5) is 24.9. The predicted molar refractivity (Wildman–Crippen MR) is 114 cm³/mol. The second-order valence-corrected chi connectivity index (χ2v) is 10.1. The molecule has 1 unspecified atom stereocenters. The van der Waals surface area contributed by atoms with E-state index in [-0.39, 0.29) is 16.6 Å². The number of amides is 3. The van der Waals surface area contributed by atoms with Crippen LogP contribution in [0.2, 0.25) is 0 Å². The lowest BCUT2D eigenvalue weighted by Crippen LogP contribution is -2.30. The summed E-state index contributed by atoms with van der Waals surface area (Å²) in [5, 5.41) is 6.92. The van der Waals surface area contributed by atoms with E-state index in [1.165, 1.54) is 17.8 Å². The molecule has 32 heavy (non-hydrogen) atoms. The number of rotatable bonds is 3. The molecule has 2 aliphatic carbocycles. The molecule has 3 aliphatic rings. The SMILES string of the molecule is CC(=O)NS(=O)(=NC(=O)Nc1c2c(c(F)c3c1CCC3)CCC2)c1cnn2c1OCCC2. The third-order valence-corrected chi connectivity index (χ3v) is 7.97. The fourth-order valence-corrected chi connectivity index (χ4v) is 6.36. The van der Waals surface area contributed by atoms with E-state index in [1.54, 1.807) is 0 Å². The second-order valence-electron chi connectivity index (χ2n) is 8.25. The summed E-state index contributed by atoms with van der Waals surface area (Å²) in [6, 6.07) is -0.866. The summed E-state index contributed by atoms with van der Waals surface area (Å²) in [6.07, 6.45) is 6.29. The molecule has 0 spiro atoms. The number of benzene rings is 1. The Kier molecular flexibility index (Phi) is 5.15. The molecule has 2 heterocycles. The van der Waals surface area contributed by atoms with Crippen molar-refractivity contribution in [1.29, 1.82) is 0 Å². The van der Waals surface area contributed by atoms with Gasteiger partial charge in [-0.3, -0.25) is 9.52 Å². The molecule has 170 valence electrons. The standard InChI is InChI=1S/C21H24FN5O4S/c1-12(28)25-32(30,17-11-23-27-9-4-10-31-20(17)27)26-21(29)24-19-15-7-2-5-13(15)18(22)14-6-3-8-16(14)19/h11H,2-10H2,1H3,(H2,24,25,26,28,29,30). The zero-order valence-electron chi connectivity index (χ0n) is 17.7. The van der Waals surface area contributed by atoms with E-state index in [9.17, 15) is 18.2 Å². The van der Waals surface area contributed by atoms with Gasteiger partial charge in [-0.05, 0) is 60.8 Å². The number of fused-ring (bicyclic) bond motifs is 3. The average molecular weight is 462 g/mol. The van der Waals surface area contributed by atoms with Crippen molar-refractivity contribution in [1.82, 2.24) is 14.5 Å². The van der Waals surface area contributed by atoms with Gasteiger partial charge < -0.3 is 10.1 Å². The van der Waals surface area contributed by atoms with Gasteiger partial charge in [0.2, 0.25) is 11.8 Å². The Morgan fingerprint density at radius 2 is 1.78 bits per heavy atom. The predicted octanol–water partition coefficient (Wildman–Crippen LogP) is 2.89. The third kappa shape index (κ3) is 3.44. The maximum atomic E-state index is 14.9. The number of halogens is 1. The van der Waals surface area contributed by atoms with Crippen LogP contribution in [0.5, 0.6) is 5.88 Å². The fraction of sp³-hybridized carbons (Fsp3) is 0.476. The number of carbonyl (C=O) groups is 2. The molecule has 2 aromatic rings. The molecule has 9 nitrogen and oxygen atoms in total. The Labute approximate surface area is 185 Å². The van der Waals surface area contributed by atoms with E-state index in [4.69, 9.17) is 4.74 Å². The van der Waals surface area contributed by atoms with Gasteiger partial charge in [-0.1, -0.05) is 0 Å². The molecular weight excluding hydrogens is 437 g/mol. The van der Waals surface area contributed by atoms with Gasteiger partial charge in [-0.15, -0.1) is 4.36 Å². The summed E-state index contributed by atoms with van der Waals surface area (Å²) in [5.74, 6) is -0.522. The summed E-state index contributed by atoms with van der Waals surface area (Å²) < 4.78 is 41.9. The molecule has 0 radical (unpaired) electrons. The van der Waals surface area contributed by atoms with Crippen molar-refractivity contribution in [3.8, 4) is 5.88 Å². The minimum absolute atomic E-state index is 0.0529. The Balaban J connectivity index is 1.56. The number of carbonyl (C=O) groups excluding carboxylic acids is 2. The fourth-order valence-electron chi connectivity index (χ4n) is 4.84. The number of nitrogens with one attached hydrogen (secondary N) is 2. The quantitative estimate of drug-likeness (QED) is 0.729. The highest BCUT2D eigenvalue weighted by Gasteiger charge is 2.31. The topological polar surface area (TPSA) is 115 Å². The monoisotopic (exact) mass is 461 g/mol. The molecule has 0 fully saturated rings. The van der Waals surface area contributed by atoms with Crippen molar-refractivity contribution in [3.05, 3.63) is 34.3 Å². The lowest BCUT2D eigenvalue weighted by molar-refractivity contribution is -0.117. The van der Waals surface area contributed by atoms with Crippen LogP contribution in [0.3, 0.4) is 0 Å². The lowest BCUT2D eigenvalue weighted by atomic mass is 9.98. The molecule has 1 aromatic heterocycles. The van der Waals surface area contributed by atoms with Gasteiger partial charge in [0.1, 0.15) is 10.7 Å². The van der Waals surface area contributed by atoms with Crippen LogP contribution in [0.25, 0.3) is 0 Å². The number of urea groups is 1. The van der Waals surface area contributed by atoms with E-state index in [2.05, 4.69) is 19.5 Å². The van der Waals surface area contributed by atoms with Crippen LogP contribution in [-0.2, 0) is 46.9 Å². The van der Waals surface area contributed by atoms with Crippen molar-refractivity contribution in [2.24, 2.45) is 4.36 Å². The van der Waals surface area contributed by atoms with Crippen LogP contribution in [-0.4, -0.2) is 32.5 Å². The van der Waals surface area contributed by atoms with Gasteiger partial charge >= 0.3 is 6.03 Å². The highest BCUT2D eigenvalue weighted by molar-refractivity contribution is 7.92. The maximum absolute atomic E-state index is 14.9. The van der Waals surface area contributed by atoms with E-state index >= 15 is 0 Å². The van der Waals surface area contributed by atoms with Gasteiger partial charge in [-0.2, -0.15) is 5.10 Å².